The Hall–Kier alpha value is -0.960. The Balaban J connectivity index is 2.18. The zero-order chi connectivity index (χ0) is 13.3. The average molecular weight is 254 g/mol. The van der Waals surface area contributed by atoms with E-state index < -0.39 is 17.2 Å². The lowest BCUT2D eigenvalue weighted by atomic mass is 9.72. The highest BCUT2D eigenvalue weighted by atomic mass is 19.1. The lowest BCUT2D eigenvalue weighted by molar-refractivity contribution is -0.0227. The Morgan fingerprint density at radius 2 is 1.83 bits per heavy atom. The van der Waals surface area contributed by atoms with Crippen molar-refractivity contribution < 1.29 is 13.9 Å². The van der Waals surface area contributed by atoms with Crippen LogP contribution in [0.15, 0.2) is 18.2 Å². The molecule has 3 heteroatoms. The molecule has 0 aliphatic heterocycles. The number of halogens is 2. The second kappa shape index (κ2) is 4.96. The third-order valence-corrected chi connectivity index (χ3v) is 4.23. The first kappa shape index (κ1) is 13.5. The van der Waals surface area contributed by atoms with Crippen molar-refractivity contribution in [2.45, 2.75) is 45.1 Å². The summed E-state index contributed by atoms with van der Waals surface area (Å²) in [5.41, 5.74) is -0.880. The van der Waals surface area contributed by atoms with Crippen molar-refractivity contribution in [3.8, 4) is 0 Å². The first-order valence-corrected chi connectivity index (χ1v) is 6.60. The third kappa shape index (κ3) is 2.56. The predicted octanol–water partition coefficient (Wildman–Crippen LogP) is 4.00. The van der Waals surface area contributed by atoms with Gasteiger partial charge in [-0.25, -0.2) is 8.78 Å². The van der Waals surface area contributed by atoms with Crippen LogP contribution >= 0.6 is 0 Å². The van der Waals surface area contributed by atoms with Gasteiger partial charge >= 0.3 is 0 Å². The fourth-order valence-corrected chi connectivity index (χ4v) is 2.92. The number of aliphatic hydroxyl groups is 1. The van der Waals surface area contributed by atoms with Crippen LogP contribution in [0, 0.1) is 23.5 Å². The van der Waals surface area contributed by atoms with Crippen molar-refractivity contribution in [2.24, 2.45) is 11.8 Å². The molecular weight excluding hydrogens is 234 g/mol. The summed E-state index contributed by atoms with van der Waals surface area (Å²) >= 11 is 0. The molecular formula is C15H20F2O. The van der Waals surface area contributed by atoms with Gasteiger partial charge in [-0.2, -0.15) is 0 Å². The smallest absolute Gasteiger partial charge is 0.132 e. The van der Waals surface area contributed by atoms with Gasteiger partial charge < -0.3 is 5.11 Å². The van der Waals surface area contributed by atoms with E-state index in [1.165, 1.54) is 12.1 Å². The fourth-order valence-electron chi connectivity index (χ4n) is 2.92. The van der Waals surface area contributed by atoms with E-state index in [1.807, 2.05) is 0 Å². The number of benzene rings is 1. The molecule has 18 heavy (non-hydrogen) atoms. The van der Waals surface area contributed by atoms with E-state index >= 15 is 0 Å². The third-order valence-electron chi connectivity index (χ3n) is 4.23. The van der Waals surface area contributed by atoms with E-state index in [0.29, 0.717) is 24.7 Å². The minimum absolute atomic E-state index is 0.242. The number of rotatable bonds is 2. The highest BCUT2D eigenvalue weighted by Gasteiger charge is 2.37. The molecule has 0 heterocycles. The van der Waals surface area contributed by atoms with Gasteiger partial charge in [-0.15, -0.1) is 0 Å². The first-order chi connectivity index (χ1) is 8.42. The Morgan fingerprint density at radius 1 is 1.22 bits per heavy atom. The van der Waals surface area contributed by atoms with Crippen LogP contribution in [-0.4, -0.2) is 5.11 Å². The zero-order valence-electron chi connectivity index (χ0n) is 10.9. The SMILES string of the molecule is CC(C)C1CCC(O)(c2ccc(F)cc2F)CC1. The molecule has 1 N–H and O–H groups in total. The van der Waals surface area contributed by atoms with Crippen molar-refractivity contribution in [2.75, 3.05) is 0 Å². The molecule has 1 saturated carbocycles. The van der Waals surface area contributed by atoms with Crippen molar-refractivity contribution in [3.63, 3.8) is 0 Å². The Labute approximate surface area is 107 Å². The van der Waals surface area contributed by atoms with Crippen LogP contribution in [0.5, 0.6) is 0 Å². The highest BCUT2D eigenvalue weighted by Crippen LogP contribution is 2.42. The molecule has 2 rings (SSSR count). The minimum atomic E-state index is -1.12. The van der Waals surface area contributed by atoms with Crippen molar-refractivity contribution >= 4 is 0 Å². The number of hydrogen-bond donors (Lipinski definition) is 1. The van der Waals surface area contributed by atoms with E-state index in [9.17, 15) is 13.9 Å². The summed E-state index contributed by atoms with van der Waals surface area (Å²) in [5.74, 6) is -0.0578. The van der Waals surface area contributed by atoms with Crippen LogP contribution in [0.1, 0.15) is 45.1 Å². The van der Waals surface area contributed by atoms with Gasteiger partial charge in [0, 0.05) is 11.6 Å². The number of hydrogen-bond acceptors (Lipinski definition) is 1. The van der Waals surface area contributed by atoms with Crippen molar-refractivity contribution in [1.29, 1.82) is 0 Å². The molecule has 0 saturated heterocycles. The molecule has 0 spiro atoms. The summed E-state index contributed by atoms with van der Waals surface area (Å²) in [5, 5.41) is 10.6. The van der Waals surface area contributed by atoms with E-state index in [4.69, 9.17) is 0 Å². The molecule has 0 unspecified atom stereocenters. The van der Waals surface area contributed by atoms with Gasteiger partial charge in [-0.05, 0) is 43.6 Å². The molecule has 100 valence electrons. The Kier molecular flexibility index (Phi) is 3.71. The van der Waals surface area contributed by atoms with Gasteiger partial charge in [0.25, 0.3) is 0 Å². The van der Waals surface area contributed by atoms with Gasteiger partial charge in [0.15, 0.2) is 0 Å². The Bertz CT molecular complexity index is 421. The topological polar surface area (TPSA) is 20.2 Å². The average Bonchev–Trinajstić information content (AvgIpc) is 2.29. The van der Waals surface area contributed by atoms with Crippen LogP contribution in [0.4, 0.5) is 8.78 Å². The van der Waals surface area contributed by atoms with Gasteiger partial charge in [0.05, 0.1) is 5.60 Å². The molecule has 0 atom stereocenters. The molecule has 0 bridgehead atoms. The molecule has 0 aromatic heterocycles. The van der Waals surface area contributed by atoms with E-state index in [-0.39, 0.29) is 5.56 Å². The molecule has 0 amide bonds. The summed E-state index contributed by atoms with van der Waals surface area (Å²) in [7, 11) is 0. The summed E-state index contributed by atoms with van der Waals surface area (Å²) in [6, 6.07) is 3.44. The second-order valence-corrected chi connectivity index (χ2v) is 5.74. The summed E-state index contributed by atoms with van der Waals surface area (Å²) < 4.78 is 26.6. The van der Waals surface area contributed by atoms with Gasteiger partial charge in [-0.3, -0.25) is 0 Å². The van der Waals surface area contributed by atoms with Crippen molar-refractivity contribution in [1.82, 2.24) is 0 Å². The van der Waals surface area contributed by atoms with Crippen molar-refractivity contribution in [3.05, 3.63) is 35.4 Å². The minimum Gasteiger partial charge on any atom is -0.385 e. The van der Waals surface area contributed by atoms with Crippen LogP contribution in [0.25, 0.3) is 0 Å². The summed E-state index contributed by atoms with van der Waals surface area (Å²) in [6.07, 6.45) is 2.90. The quantitative estimate of drug-likeness (QED) is 0.845. The maximum atomic E-state index is 13.7. The van der Waals surface area contributed by atoms with Crippen LogP contribution < -0.4 is 0 Å². The predicted molar refractivity (Wildman–Crippen MR) is 67.1 cm³/mol. The normalized spacial score (nSPS) is 28.7. The standard InChI is InChI=1S/C15H20F2O/c1-10(2)11-5-7-15(18,8-6-11)13-4-3-12(16)9-14(13)17/h3-4,9-11,18H,5-8H2,1-2H3. The van der Waals surface area contributed by atoms with E-state index in [2.05, 4.69) is 13.8 Å². The molecule has 1 aliphatic rings. The molecule has 1 aliphatic carbocycles. The second-order valence-electron chi connectivity index (χ2n) is 5.74. The summed E-state index contributed by atoms with van der Waals surface area (Å²) in [4.78, 5) is 0. The summed E-state index contributed by atoms with van der Waals surface area (Å²) in [6.45, 7) is 4.35. The highest BCUT2D eigenvalue weighted by molar-refractivity contribution is 5.25. The van der Waals surface area contributed by atoms with Crippen LogP contribution in [0.3, 0.4) is 0 Å². The maximum Gasteiger partial charge on any atom is 0.132 e. The van der Waals surface area contributed by atoms with E-state index in [0.717, 1.165) is 18.9 Å². The van der Waals surface area contributed by atoms with Crippen LogP contribution in [-0.2, 0) is 5.60 Å². The molecule has 1 aromatic rings. The first-order valence-electron chi connectivity index (χ1n) is 6.60. The van der Waals surface area contributed by atoms with Gasteiger partial charge in [-0.1, -0.05) is 19.9 Å². The van der Waals surface area contributed by atoms with Gasteiger partial charge in [0.2, 0.25) is 0 Å². The molecule has 1 fully saturated rings. The largest absolute Gasteiger partial charge is 0.385 e. The molecule has 0 radical (unpaired) electrons. The van der Waals surface area contributed by atoms with Crippen LogP contribution in [0.2, 0.25) is 0 Å². The Morgan fingerprint density at radius 3 is 2.33 bits per heavy atom. The monoisotopic (exact) mass is 254 g/mol. The fraction of sp³-hybridized carbons (Fsp3) is 0.600. The lowest BCUT2D eigenvalue weighted by Crippen LogP contribution is -2.33. The lowest BCUT2D eigenvalue weighted by Gasteiger charge is -2.38. The molecule has 1 aromatic carbocycles. The maximum absolute atomic E-state index is 13.7. The molecule has 1 nitrogen and oxygen atoms in total. The zero-order valence-corrected chi connectivity index (χ0v) is 10.9. The van der Waals surface area contributed by atoms with Gasteiger partial charge in [0.1, 0.15) is 11.6 Å². The van der Waals surface area contributed by atoms with E-state index in [1.54, 1.807) is 0 Å².